The molecule has 0 saturated heterocycles. The number of carbonyl (C=O) groups excluding carboxylic acids is 1. The van der Waals surface area contributed by atoms with E-state index in [2.05, 4.69) is 5.32 Å². The first-order chi connectivity index (χ1) is 10.7. The molecule has 8 heteroatoms. The van der Waals surface area contributed by atoms with Crippen LogP contribution < -0.4 is 9.62 Å². The first-order valence-corrected chi connectivity index (χ1v) is 8.34. The third-order valence-electron chi connectivity index (χ3n) is 3.16. The maximum Gasteiger partial charge on any atom is 0.257 e. The van der Waals surface area contributed by atoms with E-state index in [1.165, 1.54) is 25.2 Å². The molecule has 0 bridgehead atoms. The van der Waals surface area contributed by atoms with E-state index < -0.39 is 27.6 Å². The lowest BCUT2D eigenvalue weighted by atomic mass is 10.1. The van der Waals surface area contributed by atoms with Gasteiger partial charge in [0.05, 0.1) is 23.2 Å². The number of anilines is 2. The molecule has 0 atom stereocenters. The second kappa shape index (κ2) is 6.33. The number of nitrogens with one attached hydrogen (secondary N) is 1. The summed E-state index contributed by atoms with van der Waals surface area (Å²) in [5.41, 5.74) is -0.180. The van der Waals surface area contributed by atoms with Crippen LogP contribution in [0.1, 0.15) is 10.4 Å². The molecule has 1 amide bonds. The highest BCUT2D eigenvalue weighted by Gasteiger charge is 2.20. The first-order valence-electron chi connectivity index (χ1n) is 6.49. The van der Waals surface area contributed by atoms with Gasteiger partial charge in [-0.15, -0.1) is 0 Å². The van der Waals surface area contributed by atoms with Gasteiger partial charge in [-0.25, -0.2) is 17.2 Å². The fraction of sp³-hybridized carbons (Fsp3) is 0.133. The van der Waals surface area contributed by atoms with Crippen LogP contribution in [0.15, 0.2) is 42.5 Å². The molecular weight excluding hydrogens is 326 g/mol. The second-order valence-corrected chi connectivity index (χ2v) is 6.84. The van der Waals surface area contributed by atoms with Gasteiger partial charge in [0.2, 0.25) is 10.0 Å². The van der Waals surface area contributed by atoms with Crippen LogP contribution in [0.3, 0.4) is 0 Å². The van der Waals surface area contributed by atoms with Gasteiger partial charge in [0.25, 0.3) is 5.91 Å². The number of hydrogen-bond donors (Lipinski definition) is 1. The van der Waals surface area contributed by atoms with E-state index in [0.717, 1.165) is 28.8 Å². The Morgan fingerprint density at radius 2 is 1.78 bits per heavy atom. The molecule has 23 heavy (non-hydrogen) atoms. The molecule has 2 aromatic rings. The lowest BCUT2D eigenvalue weighted by Gasteiger charge is -2.19. The molecular formula is C15H14F2N2O3S. The van der Waals surface area contributed by atoms with E-state index >= 15 is 0 Å². The molecule has 2 rings (SSSR count). The molecule has 0 saturated carbocycles. The average Bonchev–Trinajstić information content (AvgIpc) is 2.49. The minimum absolute atomic E-state index is 0.0177. The summed E-state index contributed by atoms with van der Waals surface area (Å²) >= 11 is 0. The summed E-state index contributed by atoms with van der Waals surface area (Å²) in [6.45, 7) is 0. The highest BCUT2D eigenvalue weighted by Crippen LogP contribution is 2.23. The average molecular weight is 340 g/mol. The zero-order chi connectivity index (χ0) is 17.2. The Bertz CT molecular complexity index is 854. The molecule has 0 aliphatic heterocycles. The minimum atomic E-state index is -3.58. The highest BCUT2D eigenvalue weighted by atomic mass is 32.2. The van der Waals surface area contributed by atoms with Gasteiger partial charge < -0.3 is 5.32 Å². The normalized spacial score (nSPS) is 11.1. The number of carbonyl (C=O) groups is 1. The first kappa shape index (κ1) is 16.9. The van der Waals surface area contributed by atoms with Crippen molar-refractivity contribution in [1.29, 1.82) is 0 Å². The summed E-state index contributed by atoms with van der Waals surface area (Å²) in [5.74, 6) is -2.25. The Morgan fingerprint density at radius 1 is 1.13 bits per heavy atom. The number of hydrogen-bond acceptors (Lipinski definition) is 3. The van der Waals surface area contributed by atoms with Gasteiger partial charge in [0, 0.05) is 13.1 Å². The minimum Gasteiger partial charge on any atom is -0.319 e. The van der Waals surface area contributed by atoms with Crippen molar-refractivity contribution in [3.63, 3.8) is 0 Å². The lowest BCUT2D eigenvalue weighted by Crippen LogP contribution is -2.27. The van der Waals surface area contributed by atoms with Gasteiger partial charge >= 0.3 is 0 Å². The predicted octanol–water partition coefficient (Wildman–Crippen LogP) is 2.61. The van der Waals surface area contributed by atoms with Crippen molar-refractivity contribution < 1.29 is 22.0 Å². The van der Waals surface area contributed by atoms with Gasteiger partial charge in [0.15, 0.2) is 0 Å². The van der Waals surface area contributed by atoms with Crippen molar-refractivity contribution in [2.24, 2.45) is 0 Å². The van der Waals surface area contributed by atoms with Crippen molar-refractivity contribution in [2.45, 2.75) is 0 Å². The van der Waals surface area contributed by atoms with E-state index in [1.54, 1.807) is 6.07 Å². The second-order valence-electron chi connectivity index (χ2n) is 4.83. The van der Waals surface area contributed by atoms with Crippen LogP contribution in [0, 0.1) is 11.6 Å². The topological polar surface area (TPSA) is 66.5 Å². The van der Waals surface area contributed by atoms with Crippen LogP contribution in [-0.2, 0) is 10.0 Å². The van der Waals surface area contributed by atoms with Gasteiger partial charge in [-0.3, -0.25) is 9.10 Å². The van der Waals surface area contributed by atoms with E-state index in [9.17, 15) is 22.0 Å². The van der Waals surface area contributed by atoms with E-state index in [4.69, 9.17) is 0 Å². The number of sulfonamides is 1. The zero-order valence-corrected chi connectivity index (χ0v) is 13.2. The molecule has 1 N–H and O–H groups in total. The van der Waals surface area contributed by atoms with Crippen LogP contribution in [0.25, 0.3) is 0 Å². The third-order valence-corrected chi connectivity index (χ3v) is 4.35. The van der Waals surface area contributed by atoms with Crippen LogP contribution in [0.2, 0.25) is 0 Å². The molecule has 0 fully saturated rings. The summed E-state index contributed by atoms with van der Waals surface area (Å²) in [6, 6.07) is 8.60. The van der Waals surface area contributed by atoms with Gasteiger partial charge in [0.1, 0.15) is 11.6 Å². The fourth-order valence-electron chi connectivity index (χ4n) is 1.90. The zero-order valence-electron chi connectivity index (χ0n) is 12.4. The monoisotopic (exact) mass is 340 g/mol. The summed E-state index contributed by atoms with van der Waals surface area (Å²) in [7, 11) is -2.28. The van der Waals surface area contributed by atoms with Crippen molar-refractivity contribution in [1.82, 2.24) is 0 Å². The molecule has 5 nitrogen and oxygen atoms in total. The summed E-state index contributed by atoms with van der Waals surface area (Å²) in [6.07, 6.45) is 0.994. The number of para-hydroxylation sites is 1. The Labute approximate surface area is 132 Å². The number of halogens is 2. The van der Waals surface area contributed by atoms with Gasteiger partial charge in [-0.2, -0.15) is 0 Å². The molecule has 0 radical (unpaired) electrons. The third kappa shape index (κ3) is 3.84. The molecule has 2 aromatic carbocycles. The van der Waals surface area contributed by atoms with E-state index in [1.807, 2.05) is 0 Å². The molecule has 0 unspecified atom stereocenters. The van der Waals surface area contributed by atoms with Crippen LogP contribution in [0.5, 0.6) is 0 Å². The molecule has 122 valence electrons. The fourth-order valence-corrected chi connectivity index (χ4v) is 2.42. The Hall–Kier alpha value is -2.48. The van der Waals surface area contributed by atoms with Gasteiger partial charge in [-0.1, -0.05) is 12.1 Å². The van der Waals surface area contributed by atoms with Crippen molar-refractivity contribution >= 4 is 27.3 Å². The van der Waals surface area contributed by atoms with Crippen molar-refractivity contribution in [3.05, 3.63) is 59.7 Å². The Morgan fingerprint density at radius 3 is 2.43 bits per heavy atom. The maximum absolute atomic E-state index is 13.6. The molecule has 0 spiro atoms. The van der Waals surface area contributed by atoms with Crippen LogP contribution in [0.4, 0.5) is 20.2 Å². The largest absolute Gasteiger partial charge is 0.319 e. The lowest BCUT2D eigenvalue weighted by molar-refractivity contribution is 0.102. The van der Waals surface area contributed by atoms with Crippen LogP contribution in [-0.4, -0.2) is 27.6 Å². The summed E-state index contributed by atoms with van der Waals surface area (Å²) in [4.78, 5) is 12.3. The number of amides is 1. The van der Waals surface area contributed by atoms with Gasteiger partial charge in [-0.05, 0) is 24.3 Å². The molecule has 0 aliphatic rings. The SMILES string of the molecule is CN(c1ccccc1C(=O)Nc1cc(F)ccc1F)S(C)(=O)=O. The van der Waals surface area contributed by atoms with Crippen molar-refractivity contribution in [2.75, 3.05) is 22.9 Å². The molecule has 0 aromatic heterocycles. The highest BCUT2D eigenvalue weighted by molar-refractivity contribution is 7.92. The number of rotatable bonds is 4. The van der Waals surface area contributed by atoms with E-state index in [-0.39, 0.29) is 16.9 Å². The summed E-state index contributed by atoms with van der Waals surface area (Å²) < 4.78 is 51.0. The number of benzene rings is 2. The predicted molar refractivity (Wildman–Crippen MR) is 84.0 cm³/mol. The van der Waals surface area contributed by atoms with Crippen LogP contribution >= 0.6 is 0 Å². The summed E-state index contributed by atoms with van der Waals surface area (Å²) in [5, 5.41) is 2.24. The van der Waals surface area contributed by atoms with E-state index in [0.29, 0.717) is 0 Å². The smallest absolute Gasteiger partial charge is 0.257 e. The standard InChI is InChI=1S/C15H14F2N2O3S/c1-19(23(2,21)22)14-6-4-3-5-11(14)15(20)18-13-9-10(16)7-8-12(13)17/h3-9H,1-2H3,(H,18,20). The molecule has 0 aliphatic carbocycles. The maximum atomic E-state index is 13.6. The van der Waals surface area contributed by atoms with Crippen molar-refractivity contribution in [3.8, 4) is 0 Å². The molecule has 0 heterocycles. The number of nitrogens with zero attached hydrogens (tertiary/aromatic N) is 1. The Balaban J connectivity index is 2.39. The quantitative estimate of drug-likeness (QED) is 0.930. The Kier molecular flexibility index (Phi) is 4.65.